The van der Waals surface area contributed by atoms with Crippen molar-refractivity contribution in [3.05, 3.63) is 4.85 Å². The third-order valence-electron chi connectivity index (χ3n) is 1.75. The highest BCUT2D eigenvalue weighted by Crippen LogP contribution is 2.26. The van der Waals surface area contributed by atoms with Crippen LogP contribution in [0.3, 0.4) is 0 Å². The fraction of sp³-hybridized carbons (Fsp3) is 0.714. The van der Waals surface area contributed by atoms with Crippen LogP contribution in [0.25, 0.3) is 4.85 Å². The van der Waals surface area contributed by atoms with Crippen molar-refractivity contribution in [2.24, 2.45) is 0 Å². The Balaban J connectivity index is 2.48. The second-order valence-corrected chi connectivity index (χ2v) is 2.76. The fourth-order valence-corrected chi connectivity index (χ4v) is 1.13. The maximum Gasteiger partial charge on any atom is 0.339 e. The molecule has 0 radical (unpaired) electrons. The predicted octanol–water partition coefficient (Wildman–Crippen LogP) is 0.817. The molecule has 1 aliphatic heterocycles. The molecule has 0 aromatic carbocycles. The van der Waals surface area contributed by atoms with Gasteiger partial charge in [0.05, 0.1) is 6.54 Å². The second kappa shape index (κ2) is 3.05. The lowest BCUT2D eigenvalue weighted by Crippen LogP contribution is -2.32. The maximum absolute atomic E-state index is 12.5. The number of carbonyl (C=O) groups is 1. The summed E-state index contributed by atoms with van der Waals surface area (Å²) >= 11 is 0. The van der Waals surface area contributed by atoms with E-state index in [1.54, 1.807) is 0 Å². The summed E-state index contributed by atoms with van der Waals surface area (Å²) in [5.74, 6) is -3.17. The molecule has 1 rings (SSSR count). The summed E-state index contributed by atoms with van der Waals surface area (Å²) < 4.78 is 25.1. The number of carbonyl (C=O) groups excluding carboxylic acids is 1. The van der Waals surface area contributed by atoms with Gasteiger partial charge in [0, 0.05) is 13.0 Å². The van der Waals surface area contributed by atoms with Crippen LogP contribution in [0.1, 0.15) is 6.42 Å². The molecule has 3 nitrogen and oxygen atoms in total. The third-order valence-corrected chi connectivity index (χ3v) is 1.75. The van der Waals surface area contributed by atoms with Gasteiger partial charge in [-0.15, -0.1) is 0 Å². The van der Waals surface area contributed by atoms with Gasteiger partial charge in [0.25, 0.3) is 12.5 Å². The van der Waals surface area contributed by atoms with Crippen molar-refractivity contribution in [1.29, 1.82) is 0 Å². The van der Waals surface area contributed by atoms with Crippen molar-refractivity contribution in [3.63, 3.8) is 0 Å². The molecule has 0 spiro atoms. The largest absolute Gasteiger partial charge is 0.339 e. The third kappa shape index (κ3) is 1.91. The smallest absolute Gasteiger partial charge is 0.330 e. The fourth-order valence-electron chi connectivity index (χ4n) is 1.13. The minimum atomic E-state index is -2.73. The first-order chi connectivity index (χ1) is 5.55. The van der Waals surface area contributed by atoms with Crippen LogP contribution in [0.15, 0.2) is 0 Å². The Kier molecular flexibility index (Phi) is 2.27. The normalized spacial score (nSPS) is 20.6. The van der Waals surface area contributed by atoms with Crippen molar-refractivity contribution >= 4 is 5.91 Å². The van der Waals surface area contributed by atoms with Crippen molar-refractivity contribution in [3.8, 4) is 6.57 Å². The van der Waals surface area contributed by atoms with E-state index in [0.717, 1.165) is 4.90 Å². The number of alkyl halides is 2. The van der Waals surface area contributed by atoms with Gasteiger partial charge in [0.2, 0.25) is 0 Å². The van der Waals surface area contributed by atoms with E-state index in [4.69, 9.17) is 6.57 Å². The Morgan fingerprint density at radius 2 is 2.33 bits per heavy atom. The second-order valence-electron chi connectivity index (χ2n) is 2.76. The van der Waals surface area contributed by atoms with Crippen LogP contribution in [0.2, 0.25) is 0 Å². The van der Waals surface area contributed by atoms with E-state index in [1.165, 1.54) is 0 Å². The van der Waals surface area contributed by atoms with Crippen LogP contribution >= 0.6 is 0 Å². The topological polar surface area (TPSA) is 24.7 Å². The van der Waals surface area contributed by atoms with Gasteiger partial charge < -0.3 is 4.90 Å². The molecule has 1 saturated heterocycles. The highest BCUT2D eigenvalue weighted by Gasteiger charge is 2.40. The standard InChI is InChI=1S/C7H9F2N2O/c1-10-4-6(12)11-3-2-7(8,9)5-11/h1H,2-5H2/q+1. The molecule has 0 aromatic rings. The van der Waals surface area contributed by atoms with Gasteiger partial charge in [-0.3, -0.25) is 4.79 Å². The van der Waals surface area contributed by atoms with E-state index in [1.807, 2.05) is 0 Å². The highest BCUT2D eigenvalue weighted by atomic mass is 19.3. The maximum atomic E-state index is 12.5. The number of rotatable bonds is 1. The minimum absolute atomic E-state index is 0.0986. The van der Waals surface area contributed by atoms with Crippen LogP contribution < -0.4 is 0 Å². The Hall–Kier alpha value is -1.18. The SMILES string of the molecule is C#[N+]CC(=O)N1CCC(F)(F)C1. The predicted molar refractivity (Wildman–Crippen MR) is 39.3 cm³/mol. The van der Waals surface area contributed by atoms with Crippen LogP contribution in [-0.2, 0) is 4.79 Å². The van der Waals surface area contributed by atoms with Crippen LogP contribution in [0, 0.1) is 6.57 Å². The lowest BCUT2D eigenvalue weighted by atomic mass is 10.3. The average Bonchev–Trinajstić information content (AvgIpc) is 2.31. The quantitative estimate of drug-likeness (QED) is 0.579. The van der Waals surface area contributed by atoms with E-state index in [2.05, 4.69) is 4.85 Å². The molecule has 0 atom stereocenters. The van der Waals surface area contributed by atoms with Gasteiger partial charge in [-0.1, -0.05) is 4.85 Å². The van der Waals surface area contributed by atoms with Crippen molar-refractivity contribution in [2.75, 3.05) is 19.6 Å². The molecule has 0 aliphatic carbocycles. The Labute approximate surface area is 68.8 Å². The van der Waals surface area contributed by atoms with Gasteiger partial charge in [0.1, 0.15) is 0 Å². The summed E-state index contributed by atoms with van der Waals surface area (Å²) in [6.45, 7) is 4.14. The van der Waals surface area contributed by atoms with E-state index in [0.29, 0.717) is 0 Å². The minimum Gasteiger partial charge on any atom is -0.330 e. The van der Waals surface area contributed by atoms with E-state index >= 15 is 0 Å². The van der Waals surface area contributed by atoms with E-state index in [9.17, 15) is 13.6 Å². The van der Waals surface area contributed by atoms with Gasteiger partial charge in [-0.25, -0.2) is 8.78 Å². The molecule has 1 heterocycles. The molecule has 0 unspecified atom stereocenters. The Morgan fingerprint density at radius 3 is 2.75 bits per heavy atom. The van der Waals surface area contributed by atoms with E-state index in [-0.39, 0.29) is 19.5 Å². The summed E-state index contributed by atoms with van der Waals surface area (Å²) in [5, 5.41) is 0. The zero-order valence-corrected chi connectivity index (χ0v) is 6.46. The number of amides is 1. The number of likely N-dealkylation sites (tertiary alicyclic amines) is 1. The number of hydrogen-bond acceptors (Lipinski definition) is 1. The van der Waals surface area contributed by atoms with E-state index < -0.39 is 18.4 Å². The molecule has 1 fully saturated rings. The molecule has 0 N–H and O–H groups in total. The summed E-state index contributed by atoms with van der Waals surface area (Å²) in [6.07, 6.45) is -0.261. The molecular weight excluding hydrogens is 166 g/mol. The van der Waals surface area contributed by atoms with Gasteiger partial charge in [0.15, 0.2) is 0 Å². The Bertz CT molecular complexity index is 234. The van der Waals surface area contributed by atoms with Crippen molar-refractivity contribution in [2.45, 2.75) is 12.3 Å². The first-order valence-electron chi connectivity index (χ1n) is 3.57. The molecule has 1 amide bonds. The summed E-state index contributed by atoms with van der Waals surface area (Å²) in [4.78, 5) is 15.1. The average molecular weight is 175 g/mol. The lowest BCUT2D eigenvalue weighted by Gasteiger charge is -2.11. The molecule has 66 valence electrons. The zero-order valence-electron chi connectivity index (χ0n) is 6.46. The first-order valence-corrected chi connectivity index (χ1v) is 3.57. The van der Waals surface area contributed by atoms with Crippen molar-refractivity contribution < 1.29 is 13.6 Å². The molecule has 12 heavy (non-hydrogen) atoms. The first kappa shape index (κ1) is 8.91. The van der Waals surface area contributed by atoms with Gasteiger partial charge in [-0.05, 0) is 0 Å². The highest BCUT2D eigenvalue weighted by molar-refractivity contribution is 5.80. The van der Waals surface area contributed by atoms with Crippen molar-refractivity contribution in [1.82, 2.24) is 4.90 Å². The lowest BCUT2D eigenvalue weighted by molar-refractivity contribution is -0.129. The molecule has 0 bridgehead atoms. The zero-order chi connectivity index (χ0) is 9.19. The molecule has 5 heteroatoms. The number of halogens is 2. The molecular formula is C7H9F2N2O+. The monoisotopic (exact) mass is 175 g/mol. The van der Waals surface area contributed by atoms with Crippen LogP contribution in [0.4, 0.5) is 8.78 Å². The summed E-state index contributed by atoms with van der Waals surface area (Å²) in [7, 11) is 0. The summed E-state index contributed by atoms with van der Waals surface area (Å²) in [6, 6.07) is 0. The number of hydrogen-bond donors (Lipinski definition) is 0. The summed E-state index contributed by atoms with van der Waals surface area (Å²) in [5.41, 5.74) is 0. The molecule has 0 aromatic heterocycles. The molecule has 1 aliphatic rings. The Morgan fingerprint density at radius 1 is 1.67 bits per heavy atom. The van der Waals surface area contributed by atoms with Gasteiger partial charge in [-0.2, -0.15) is 0 Å². The number of nitrogens with zero attached hydrogens (tertiary/aromatic N) is 2. The molecule has 0 saturated carbocycles. The van der Waals surface area contributed by atoms with Crippen LogP contribution in [0.5, 0.6) is 0 Å². The van der Waals surface area contributed by atoms with Crippen LogP contribution in [-0.4, -0.2) is 36.4 Å². The van der Waals surface area contributed by atoms with Gasteiger partial charge >= 0.3 is 12.5 Å².